The normalized spacial score (nSPS) is 17.1. The van der Waals surface area contributed by atoms with Crippen molar-refractivity contribution in [3.63, 3.8) is 0 Å². The maximum absolute atomic E-state index is 5.13. The summed E-state index contributed by atoms with van der Waals surface area (Å²) >= 11 is 0. The van der Waals surface area contributed by atoms with Crippen molar-refractivity contribution in [3.05, 3.63) is 30.1 Å². The van der Waals surface area contributed by atoms with E-state index in [1.165, 1.54) is 17.7 Å². The zero-order valence-electron chi connectivity index (χ0n) is 15.8. The molecule has 2 aliphatic rings. The number of hydrogen-bond acceptors (Lipinski definition) is 8. The van der Waals surface area contributed by atoms with Crippen molar-refractivity contribution < 1.29 is 4.74 Å². The monoisotopic (exact) mass is 369 g/mol. The highest BCUT2D eigenvalue weighted by Crippen LogP contribution is 2.31. The first kappa shape index (κ1) is 17.8. The van der Waals surface area contributed by atoms with Gasteiger partial charge in [0.05, 0.1) is 12.8 Å². The van der Waals surface area contributed by atoms with Crippen LogP contribution in [0.3, 0.4) is 0 Å². The van der Waals surface area contributed by atoms with E-state index in [1.807, 2.05) is 6.20 Å². The second-order valence-corrected chi connectivity index (χ2v) is 6.88. The first-order chi connectivity index (χ1) is 13.3. The molecule has 0 amide bonds. The third-order valence-electron chi connectivity index (χ3n) is 5.16. The summed E-state index contributed by atoms with van der Waals surface area (Å²) in [5.74, 6) is 2.31. The van der Waals surface area contributed by atoms with Gasteiger partial charge in [-0.05, 0) is 24.5 Å². The van der Waals surface area contributed by atoms with Crippen LogP contribution in [-0.2, 0) is 6.42 Å². The SMILES string of the molecule is COc1ccnc(NCCN2CCN(c3nccc4c3NCCC4)CC2)n1. The molecule has 0 spiro atoms. The molecule has 8 nitrogen and oxygen atoms in total. The zero-order valence-corrected chi connectivity index (χ0v) is 15.8. The number of piperazine rings is 1. The molecular weight excluding hydrogens is 342 g/mol. The van der Waals surface area contributed by atoms with E-state index in [2.05, 4.69) is 41.5 Å². The van der Waals surface area contributed by atoms with Gasteiger partial charge in [0.25, 0.3) is 0 Å². The molecule has 1 fully saturated rings. The number of hydrogen-bond donors (Lipinski definition) is 2. The van der Waals surface area contributed by atoms with Crippen LogP contribution in [0.2, 0.25) is 0 Å². The van der Waals surface area contributed by atoms with E-state index in [0.717, 1.165) is 58.1 Å². The lowest BCUT2D eigenvalue weighted by Crippen LogP contribution is -2.48. The third-order valence-corrected chi connectivity index (χ3v) is 5.16. The summed E-state index contributed by atoms with van der Waals surface area (Å²) in [5, 5.41) is 6.82. The molecule has 0 radical (unpaired) electrons. The quantitative estimate of drug-likeness (QED) is 0.793. The van der Waals surface area contributed by atoms with Crippen LogP contribution in [0.1, 0.15) is 12.0 Å². The largest absolute Gasteiger partial charge is 0.481 e. The molecule has 27 heavy (non-hydrogen) atoms. The van der Waals surface area contributed by atoms with Crippen LogP contribution in [0.25, 0.3) is 0 Å². The Bertz CT molecular complexity index is 761. The van der Waals surface area contributed by atoms with Gasteiger partial charge in [-0.15, -0.1) is 0 Å². The minimum absolute atomic E-state index is 0.577. The second-order valence-electron chi connectivity index (χ2n) is 6.88. The summed E-state index contributed by atoms with van der Waals surface area (Å²) in [6.45, 7) is 6.89. The first-order valence-electron chi connectivity index (χ1n) is 9.63. The van der Waals surface area contributed by atoms with E-state index in [4.69, 9.17) is 4.74 Å². The Kier molecular flexibility index (Phi) is 5.53. The van der Waals surface area contributed by atoms with Crippen LogP contribution in [-0.4, -0.2) is 72.8 Å². The molecule has 2 aromatic rings. The maximum Gasteiger partial charge on any atom is 0.225 e. The topological polar surface area (TPSA) is 78.4 Å². The van der Waals surface area contributed by atoms with Crippen LogP contribution in [0.15, 0.2) is 24.5 Å². The van der Waals surface area contributed by atoms with Crippen LogP contribution in [0.4, 0.5) is 17.5 Å². The molecule has 0 saturated carbocycles. The average molecular weight is 369 g/mol. The fraction of sp³-hybridized carbons (Fsp3) is 0.526. The fourth-order valence-electron chi connectivity index (χ4n) is 3.67. The van der Waals surface area contributed by atoms with Crippen molar-refractivity contribution >= 4 is 17.5 Å². The van der Waals surface area contributed by atoms with E-state index in [1.54, 1.807) is 19.4 Å². The lowest BCUT2D eigenvalue weighted by atomic mass is 10.0. The summed E-state index contributed by atoms with van der Waals surface area (Å²) in [6.07, 6.45) is 6.00. The molecule has 0 aromatic carbocycles. The number of pyridine rings is 1. The summed E-state index contributed by atoms with van der Waals surface area (Å²) in [4.78, 5) is 18.0. The van der Waals surface area contributed by atoms with Crippen molar-refractivity contribution in [3.8, 4) is 5.88 Å². The van der Waals surface area contributed by atoms with Crippen LogP contribution >= 0.6 is 0 Å². The molecule has 4 rings (SSSR count). The molecule has 0 unspecified atom stereocenters. The number of aryl methyl sites for hydroxylation is 1. The van der Waals surface area contributed by atoms with Gasteiger partial charge in [-0.1, -0.05) is 0 Å². The van der Waals surface area contributed by atoms with Crippen molar-refractivity contribution in [2.75, 3.05) is 68.5 Å². The summed E-state index contributed by atoms with van der Waals surface area (Å²) in [6, 6.07) is 3.89. The summed E-state index contributed by atoms with van der Waals surface area (Å²) in [5.41, 5.74) is 2.64. The number of nitrogens with zero attached hydrogens (tertiary/aromatic N) is 5. The number of fused-ring (bicyclic) bond motifs is 1. The molecule has 0 aliphatic carbocycles. The second kappa shape index (κ2) is 8.39. The standard InChI is InChI=1S/C19H27N7O/c1-27-16-5-8-22-19(24-16)23-9-10-25-11-13-26(14-12-25)18-17-15(4-7-21-18)3-2-6-20-17/h4-5,7-8,20H,2-3,6,9-14H2,1H3,(H,22,23,24). The van der Waals surface area contributed by atoms with Gasteiger partial charge in [0.2, 0.25) is 11.8 Å². The van der Waals surface area contributed by atoms with Gasteiger partial charge in [0, 0.05) is 64.3 Å². The maximum atomic E-state index is 5.13. The lowest BCUT2D eigenvalue weighted by Gasteiger charge is -2.37. The number of aromatic nitrogens is 3. The fourth-order valence-corrected chi connectivity index (χ4v) is 3.67. The molecule has 8 heteroatoms. The van der Waals surface area contributed by atoms with Gasteiger partial charge in [0.15, 0.2) is 5.82 Å². The van der Waals surface area contributed by atoms with Crippen LogP contribution < -0.4 is 20.3 Å². The van der Waals surface area contributed by atoms with Crippen LogP contribution in [0.5, 0.6) is 5.88 Å². The van der Waals surface area contributed by atoms with Crippen LogP contribution in [0, 0.1) is 0 Å². The average Bonchev–Trinajstić information content (AvgIpc) is 2.74. The molecule has 0 bridgehead atoms. The molecule has 0 atom stereocenters. The number of rotatable bonds is 6. The van der Waals surface area contributed by atoms with Crippen molar-refractivity contribution in [1.29, 1.82) is 0 Å². The zero-order chi connectivity index (χ0) is 18.5. The number of ether oxygens (including phenoxy) is 1. The highest BCUT2D eigenvalue weighted by molar-refractivity contribution is 5.70. The van der Waals surface area contributed by atoms with E-state index < -0.39 is 0 Å². The number of methoxy groups -OCH3 is 1. The number of nitrogens with one attached hydrogen (secondary N) is 2. The van der Waals surface area contributed by atoms with E-state index in [-0.39, 0.29) is 0 Å². The Hall–Kier alpha value is -2.61. The number of anilines is 3. The van der Waals surface area contributed by atoms with Gasteiger partial charge in [-0.25, -0.2) is 9.97 Å². The smallest absolute Gasteiger partial charge is 0.225 e. The van der Waals surface area contributed by atoms with Gasteiger partial charge in [-0.3, -0.25) is 4.90 Å². The van der Waals surface area contributed by atoms with E-state index >= 15 is 0 Å². The molecule has 1 saturated heterocycles. The highest BCUT2D eigenvalue weighted by Gasteiger charge is 2.22. The predicted molar refractivity (Wildman–Crippen MR) is 107 cm³/mol. The van der Waals surface area contributed by atoms with Crippen molar-refractivity contribution in [2.24, 2.45) is 0 Å². The van der Waals surface area contributed by atoms with Gasteiger partial charge < -0.3 is 20.3 Å². The van der Waals surface area contributed by atoms with Gasteiger partial charge in [-0.2, -0.15) is 4.98 Å². The lowest BCUT2D eigenvalue weighted by molar-refractivity contribution is 0.266. The minimum Gasteiger partial charge on any atom is -0.481 e. The molecule has 4 heterocycles. The summed E-state index contributed by atoms with van der Waals surface area (Å²) < 4.78 is 5.13. The Labute approximate surface area is 160 Å². The molecule has 2 aliphatic heterocycles. The van der Waals surface area contributed by atoms with Gasteiger partial charge in [0.1, 0.15) is 0 Å². The molecular formula is C19H27N7O. The molecule has 2 N–H and O–H groups in total. The molecule has 2 aromatic heterocycles. The highest BCUT2D eigenvalue weighted by atomic mass is 16.5. The first-order valence-corrected chi connectivity index (χ1v) is 9.63. The minimum atomic E-state index is 0.577. The molecule has 144 valence electrons. The predicted octanol–water partition coefficient (Wildman–Crippen LogP) is 1.47. The van der Waals surface area contributed by atoms with Gasteiger partial charge >= 0.3 is 0 Å². The summed E-state index contributed by atoms with van der Waals surface area (Å²) in [7, 11) is 1.61. The Morgan fingerprint density at radius 3 is 2.85 bits per heavy atom. The van der Waals surface area contributed by atoms with Crippen molar-refractivity contribution in [2.45, 2.75) is 12.8 Å². The Morgan fingerprint density at radius 1 is 1.15 bits per heavy atom. The Morgan fingerprint density at radius 2 is 2.00 bits per heavy atom. The van der Waals surface area contributed by atoms with E-state index in [9.17, 15) is 0 Å². The van der Waals surface area contributed by atoms with Crippen molar-refractivity contribution in [1.82, 2.24) is 19.9 Å². The third kappa shape index (κ3) is 4.21. The Balaban J connectivity index is 1.27. The van der Waals surface area contributed by atoms with E-state index in [0.29, 0.717) is 11.8 Å².